The molecule has 0 aliphatic rings. The zero-order valence-electron chi connectivity index (χ0n) is 15.8. The first kappa shape index (κ1) is 17.7. The number of ether oxygens (including phenoxy) is 2. The van der Waals surface area contributed by atoms with Crippen LogP contribution in [0, 0.1) is 6.92 Å². The number of benzene rings is 2. The van der Waals surface area contributed by atoms with Crippen LogP contribution in [0.4, 0.5) is 11.5 Å². The summed E-state index contributed by atoms with van der Waals surface area (Å²) in [4.78, 5) is 4.70. The maximum absolute atomic E-state index is 9.77. The summed E-state index contributed by atoms with van der Waals surface area (Å²) in [6.45, 7) is 1.96. The first-order chi connectivity index (χ1) is 13.6. The van der Waals surface area contributed by atoms with Gasteiger partial charge in [0.05, 0.1) is 20.4 Å². The van der Waals surface area contributed by atoms with Crippen molar-refractivity contribution < 1.29 is 14.6 Å². The number of fused-ring (bicyclic) bond motifs is 1. The van der Waals surface area contributed by atoms with E-state index in [2.05, 4.69) is 10.4 Å². The third-order valence-electron chi connectivity index (χ3n) is 4.46. The van der Waals surface area contributed by atoms with Crippen LogP contribution in [0.1, 0.15) is 5.56 Å². The largest absolute Gasteiger partial charge is 0.508 e. The van der Waals surface area contributed by atoms with Gasteiger partial charge in [0.25, 0.3) is 0 Å². The van der Waals surface area contributed by atoms with E-state index in [9.17, 15) is 5.11 Å². The SMILES string of the molecule is COc1cc(Nc2ccn3ncc(-c4cccc(O)c4)c3n2)cc(C)c1OC. The minimum Gasteiger partial charge on any atom is -0.508 e. The second-order valence-electron chi connectivity index (χ2n) is 6.34. The van der Waals surface area contributed by atoms with Gasteiger partial charge in [0, 0.05) is 23.5 Å². The molecule has 0 aliphatic carbocycles. The third kappa shape index (κ3) is 3.18. The summed E-state index contributed by atoms with van der Waals surface area (Å²) < 4.78 is 12.5. The standard InChI is InChI=1S/C21H20N4O3/c1-13-9-15(11-18(27-2)20(13)28-3)23-19-7-8-25-21(24-19)17(12-22-25)14-5-4-6-16(26)10-14/h4-12,26H,1-3H3,(H,23,24). The van der Waals surface area contributed by atoms with Crippen molar-refractivity contribution in [3.8, 4) is 28.4 Å². The highest BCUT2D eigenvalue weighted by Crippen LogP contribution is 2.35. The van der Waals surface area contributed by atoms with Crippen molar-refractivity contribution in [3.63, 3.8) is 0 Å². The van der Waals surface area contributed by atoms with E-state index in [-0.39, 0.29) is 5.75 Å². The Bertz CT molecular complexity index is 1150. The third-order valence-corrected chi connectivity index (χ3v) is 4.46. The number of aromatic nitrogens is 3. The average molecular weight is 376 g/mol. The number of aromatic hydroxyl groups is 1. The molecule has 4 rings (SSSR count). The van der Waals surface area contributed by atoms with Crippen LogP contribution < -0.4 is 14.8 Å². The van der Waals surface area contributed by atoms with Crippen molar-refractivity contribution in [1.82, 2.24) is 14.6 Å². The van der Waals surface area contributed by atoms with Gasteiger partial charge in [0.15, 0.2) is 17.1 Å². The summed E-state index contributed by atoms with van der Waals surface area (Å²) in [7, 11) is 3.23. The van der Waals surface area contributed by atoms with Gasteiger partial charge in [0.2, 0.25) is 0 Å². The first-order valence-electron chi connectivity index (χ1n) is 8.72. The number of phenolic OH excluding ortho intramolecular Hbond substituents is 1. The lowest BCUT2D eigenvalue weighted by molar-refractivity contribution is 0.353. The van der Waals surface area contributed by atoms with Crippen LogP contribution >= 0.6 is 0 Å². The van der Waals surface area contributed by atoms with Gasteiger partial charge in [-0.2, -0.15) is 5.10 Å². The number of methoxy groups -OCH3 is 2. The average Bonchev–Trinajstić information content (AvgIpc) is 3.10. The second-order valence-corrected chi connectivity index (χ2v) is 6.34. The van der Waals surface area contributed by atoms with Gasteiger partial charge >= 0.3 is 0 Å². The Labute approximate surface area is 162 Å². The second kappa shape index (κ2) is 7.11. The molecule has 4 aromatic rings. The number of nitrogens with zero attached hydrogens (tertiary/aromatic N) is 3. The van der Waals surface area contributed by atoms with Crippen LogP contribution in [-0.4, -0.2) is 33.9 Å². The van der Waals surface area contributed by atoms with Gasteiger partial charge in [-0.05, 0) is 42.3 Å². The predicted molar refractivity (Wildman–Crippen MR) is 108 cm³/mol. The van der Waals surface area contributed by atoms with E-state index in [0.717, 1.165) is 22.4 Å². The molecule has 0 atom stereocenters. The summed E-state index contributed by atoms with van der Waals surface area (Å²) in [6, 6.07) is 12.7. The van der Waals surface area contributed by atoms with Crippen molar-refractivity contribution >= 4 is 17.2 Å². The van der Waals surface area contributed by atoms with Crippen molar-refractivity contribution in [2.45, 2.75) is 6.92 Å². The Morgan fingerprint density at radius 2 is 1.93 bits per heavy atom. The van der Waals surface area contributed by atoms with E-state index in [0.29, 0.717) is 23.0 Å². The Hall–Kier alpha value is -3.74. The monoisotopic (exact) mass is 376 g/mol. The molecule has 7 heteroatoms. The van der Waals surface area contributed by atoms with Gasteiger partial charge in [-0.1, -0.05) is 12.1 Å². The Kier molecular flexibility index (Phi) is 4.49. The van der Waals surface area contributed by atoms with Gasteiger partial charge in [-0.25, -0.2) is 9.50 Å². The number of phenols is 1. The van der Waals surface area contributed by atoms with Gasteiger partial charge < -0.3 is 19.9 Å². The van der Waals surface area contributed by atoms with Gasteiger partial charge in [-0.15, -0.1) is 0 Å². The highest BCUT2D eigenvalue weighted by atomic mass is 16.5. The van der Waals surface area contributed by atoms with Crippen LogP contribution in [0.5, 0.6) is 17.2 Å². The molecule has 2 aromatic heterocycles. The molecule has 2 aromatic carbocycles. The fourth-order valence-corrected chi connectivity index (χ4v) is 3.19. The molecule has 0 aliphatic heterocycles. The van der Waals surface area contributed by atoms with E-state index in [4.69, 9.17) is 14.5 Å². The fourth-order valence-electron chi connectivity index (χ4n) is 3.19. The summed E-state index contributed by atoms with van der Waals surface area (Å²) in [5.41, 5.74) is 4.16. The predicted octanol–water partition coefficient (Wildman–Crippen LogP) is 4.17. The van der Waals surface area contributed by atoms with Crippen molar-refractivity contribution in [3.05, 3.63) is 60.4 Å². The minimum atomic E-state index is 0.201. The Morgan fingerprint density at radius 3 is 2.68 bits per heavy atom. The highest BCUT2D eigenvalue weighted by Gasteiger charge is 2.12. The lowest BCUT2D eigenvalue weighted by Crippen LogP contribution is -1.99. The molecule has 2 N–H and O–H groups in total. The number of rotatable bonds is 5. The molecule has 0 unspecified atom stereocenters. The van der Waals surface area contributed by atoms with Crippen molar-refractivity contribution in [2.24, 2.45) is 0 Å². The van der Waals surface area contributed by atoms with Crippen LogP contribution in [0.25, 0.3) is 16.8 Å². The van der Waals surface area contributed by atoms with Crippen molar-refractivity contribution in [1.29, 1.82) is 0 Å². The van der Waals surface area contributed by atoms with E-state index in [1.807, 2.05) is 37.4 Å². The number of aryl methyl sites for hydroxylation is 1. The van der Waals surface area contributed by atoms with Crippen LogP contribution in [0.2, 0.25) is 0 Å². The van der Waals surface area contributed by atoms with E-state index < -0.39 is 0 Å². The number of hydrogen-bond acceptors (Lipinski definition) is 6. The molecule has 7 nitrogen and oxygen atoms in total. The summed E-state index contributed by atoms with van der Waals surface area (Å²) >= 11 is 0. The highest BCUT2D eigenvalue weighted by molar-refractivity contribution is 5.78. The molecular weight excluding hydrogens is 356 g/mol. The molecule has 0 fully saturated rings. The molecule has 0 amide bonds. The maximum atomic E-state index is 9.77. The summed E-state index contributed by atoms with van der Waals surface area (Å²) in [6.07, 6.45) is 3.58. The van der Waals surface area contributed by atoms with Crippen LogP contribution in [-0.2, 0) is 0 Å². The van der Waals surface area contributed by atoms with E-state index in [1.54, 1.807) is 43.1 Å². The zero-order chi connectivity index (χ0) is 19.7. The van der Waals surface area contributed by atoms with Crippen molar-refractivity contribution in [2.75, 3.05) is 19.5 Å². The smallest absolute Gasteiger partial charge is 0.165 e. The lowest BCUT2D eigenvalue weighted by Gasteiger charge is -2.14. The lowest BCUT2D eigenvalue weighted by atomic mass is 10.1. The number of nitrogens with one attached hydrogen (secondary N) is 1. The zero-order valence-corrected chi connectivity index (χ0v) is 15.8. The number of anilines is 2. The maximum Gasteiger partial charge on any atom is 0.165 e. The van der Waals surface area contributed by atoms with Gasteiger partial charge in [-0.3, -0.25) is 0 Å². The molecule has 0 saturated heterocycles. The molecule has 0 spiro atoms. The minimum absolute atomic E-state index is 0.201. The molecule has 0 saturated carbocycles. The fraction of sp³-hybridized carbons (Fsp3) is 0.143. The molecule has 0 radical (unpaired) electrons. The summed E-state index contributed by atoms with van der Waals surface area (Å²) in [5.74, 6) is 2.22. The Morgan fingerprint density at radius 1 is 1.07 bits per heavy atom. The summed E-state index contributed by atoms with van der Waals surface area (Å²) in [5, 5.41) is 17.4. The van der Waals surface area contributed by atoms with Crippen LogP contribution in [0.3, 0.4) is 0 Å². The molecule has 0 bridgehead atoms. The van der Waals surface area contributed by atoms with E-state index >= 15 is 0 Å². The molecular formula is C21H20N4O3. The Balaban J connectivity index is 1.73. The molecule has 142 valence electrons. The van der Waals surface area contributed by atoms with E-state index in [1.165, 1.54) is 0 Å². The normalized spacial score (nSPS) is 10.8. The van der Waals surface area contributed by atoms with Gasteiger partial charge in [0.1, 0.15) is 11.6 Å². The quantitative estimate of drug-likeness (QED) is 0.544. The molecule has 2 heterocycles. The topological polar surface area (TPSA) is 80.9 Å². The first-order valence-corrected chi connectivity index (χ1v) is 8.72. The molecule has 28 heavy (non-hydrogen) atoms. The van der Waals surface area contributed by atoms with Crippen LogP contribution in [0.15, 0.2) is 54.9 Å². The number of hydrogen-bond donors (Lipinski definition) is 2.